The van der Waals surface area contributed by atoms with E-state index in [1.165, 1.54) is 6.07 Å². The van der Waals surface area contributed by atoms with E-state index < -0.39 is 5.82 Å². The molecule has 28 heavy (non-hydrogen) atoms. The summed E-state index contributed by atoms with van der Waals surface area (Å²) in [5, 5.41) is 4.75. The van der Waals surface area contributed by atoms with Crippen LogP contribution < -0.4 is 15.0 Å². The zero-order chi connectivity index (χ0) is 19.3. The summed E-state index contributed by atoms with van der Waals surface area (Å²) in [6, 6.07) is 15.8. The lowest BCUT2D eigenvalue weighted by Gasteiger charge is -2.22. The molecule has 1 amide bonds. The van der Waals surface area contributed by atoms with Crippen LogP contribution in [0.3, 0.4) is 0 Å². The van der Waals surface area contributed by atoms with Gasteiger partial charge in [-0.3, -0.25) is 4.79 Å². The van der Waals surface area contributed by atoms with Crippen LogP contribution in [0.1, 0.15) is 28.1 Å². The highest BCUT2D eigenvalue weighted by atomic mass is 32.1. The third kappa shape index (κ3) is 4.17. The first-order chi connectivity index (χ1) is 13.7. The molecule has 1 aromatic heterocycles. The predicted molar refractivity (Wildman–Crippen MR) is 111 cm³/mol. The Morgan fingerprint density at radius 2 is 1.93 bits per heavy atom. The first kappa shape index (κ1) is 18.5. The van der Waals surface area contributed by atoms with E-state index >= 15 is 0 Å². The summed E-state index contributed by atoms with van der Waals surface area (Å²) in [4.78, 5) is 16.0. The molecule has 4 rings (SSSR count). The molecule has 1 aliphatic rings. The molecule has 0 bridgehead atoms. The first-order valence-corrected chi connectivity index (χ1v) is 10.2. The average molecular weight is 396 g/mol. The normalized spacial score (nSPS) is 13.5. The minimum absolute atomic E-state index is 0.235. The molecule has 1 fully saturated rings. The highest BCUT2D eigenvalue weighted by Gasteiger charge is 2.20. The lowest BCUT2D eigenvalue weighted by atomic mass is 10.1. The number of carbonyl (C=O) groups is 1. The maximum Gasteiger partial charge on any atom is 0.255 e. The number of anilines is 2. The minimum atomic E-state index is -0.428. The Morgan fingerprint density at radius 3 is 2.71 bits per heavy atom. The van der Waals surface area contributed by atoms with Crippen LogP contribution >= 0.6 is 11.3 Å². The topological polar surface area (TPSA) is 41.6 Å². The molecule has 3 aromatic rings. The molecule has 0 radical (unpaired) electrons. The van der Waals surface area contributed by atoms with Crippen molar-refractivity contribution in [1.82, 2.24) is 0 Å². The second-order valence-corrected chi connectivity index (χ2v) is 7.71. The summed E-state index contributed by atoms with van der Waals surface area (Å²) in [5.74, 6) is -0.177. The van der Waals surface area contributed by atoms with Crippen molar-refractivity contribution in [1.29, 1.82) is 0 Å². The SMILES string of the molecule is O=C(Nc1c(F)cccc1N1CCCC1)c1cccc(OCc2cccs2)c1. The third-order valence-corrected chi connectivity index (χ3v) is 5.58. The van der Waals surface area contributed by atoms with Crippen LogP contribution in [0.15, 0.2) is 60.0 Å². The zero-order valence-electron chi connectivity index (χ0n) is 15.4. The molecule has 0 saturated carbocycles. The molecule has 4 nitrogen and oxygen atoms in total. The van der Waals surface area contributed by atoms with Gasteiger partial charge in [0.2, 0.25) is 0 Å². The van der Waals surface area contributed by atoms with Crippen LogP contribution in [0.4, 0.5) is 15.8 Å². The molecule has 144 valence electrons. The molecular weight excluding hydrogens is 375 g/mol. The molecule has 0 unspecified atom stereocenters. The smallest absolute Gasteiger partial charge is 0.255 e. The van der Waals surface area contributed by atoms with Crippen molar-refractivity contribution in [3.63, 3.8) is 0 Å². The van der Waals surface area contributed by atoms with Gasteiger partial charge in [0, 0.05) is 23.5 Å². The highest BCUT2D eigenvalue weighted by molar-refractivity contribution is 7.09. The van der Waals surface area contributed by atoms with E-state index in [9.17, 15) is 9.18 Å². The molecule has 1 N–H and O–H groups in total. The number of benzene rings is 2. The third-order valence-electron chi connectivity index (χ3n) is 4.73. The Kier molecular flexibility index (Phi) is 5.58. The van der Waals surface area contributed by atoms with Gasteiger partial charge in [-0.25, -0.2) is 4.39 Å². The summed E-state index contributed by atoms with van der Waals surface area (Å²) in [6.07, 6.45) is 2.15. The minimum Gasteiger partial charge on any atom is -0.488 e. The fraction of sp³-hybridized carbons (Fsp3) is 0.227. The summed E-state index contributed by atoms with van der Waals surface area (Å²) >= 11 is 1.62. The van der Waals surface area contributed by atoms with E-state index in [4.69, 9.17) is 4.74 Å². The van der Waals surface area contributed by atoms with Crippen molar-refractivity contribution in [3.8, 4) is 5.75 Å². The number of nitrogens with zero attached hydrogens (tertiary/aromatic N) is 1. The molecule has 1 aliphatic heterocycles. The van der Waals surface area contributed by atoms with Gasteiger partial charge in [-0.05, 0) is 54.6 Å². The van der Waals surface area contributed by atoms with Crippen LogP contribution in [0.25, 0.3) is 0 Å². The van der Waals surface area contributed by atoms with Crippen molar-refractivity contribution in [2.75, 3.05) is 23.3 Å². The van der Waals surface area contributed by atoms with Crippen molar-refractivity contribution < 1.29 is 13.9 Å². The van der Waals surface area contributed by atoms with E-state index in [2.05, 4.69) is 10.2 Å². The molecular formula is C22H21FN2O2S. The first-order valence-electron chi connectivity index (χ1n) is 9.31. The van der Waals surface area contributed by atoms with Crippen molar-refractivity contribution in [3.05, 3.63) is 76.2 Å². The van der Waals surface area contributed by atoms with Gasteiger partial charge in [0.15, 0.2) is 0 Å². The molecule has 0 spiro atoms. The Balaban J connectivity index is 1.50. The number of para-hydroxylation sites is 1. The molecule has 0 atom stereocenters. The number of amides is 1. The highest BCUT2D eigenvalue weighted by Crippen LogP contribution is 2.31. The van der Waals surface area contributed by atoms with Crippen molar-refractivity contribution >= 4 is 28.6 Å². The summed E-state index contributed by atoms with van der Waals surface area (Å²) in [5.41, 5.74) is 1.40. The summed E-state index contributed by atoms with van der Waals surface area (Å²) in [6.45, 7) is 2.20. The van der Waals surface area contributed by atoms with E-state index in [0.29, 0.717) is 17.9 Å². The standard InChI is InChI=1S/C22H21FN2O2S/c23-19-9-4-10-20(25-11-1-2-12-25)21(19)24-22(26)16-6-3-7-17(14-16)27-15-18-8-5-13-28-18/h3-10,13-14H,1-2,11-12,15H2,(H,24,26). The zero-order valence-corrected chi connectivity index (χ0v) is 16.2. The number of hydrogen-bond donors (Lipinski definition) is 1. The Labute approximate surface area is 167 Å². The van der Waals surface area contributed by atoms with E-state index in [1.807, 2.05) is 29.6 Å². The quantitative estimate of drug-likeness (QED) is 0.613. The van der Waals surface area contributed by atoms with Crippen molar-refractivity contribution in [2.24, 2.45) is 0 Å². The van der Waals surface area contributed by atoms with Gasteiger partial charge < -0.3 is 15.0 Å². The number of carbonyl (C=O) groups excluding carboxylic acids is 1. The van der Waals surface area contributed by atoms with E-state index in [1.54, 1.807) is 35.6 Å². The second kappa shape index (κ2) is 8.44. The van der Waals surface area contributed by atoms with Gasteiger partial charge in [-0.1, -0.05) is 18.2 Å². The Morgan fingerprint density at radius 1 is 1.11 bits per heavy atom. The van der Waals surface area contributed by atoms with Gasteiger partial charge in [-0.2, -0.15) is 0 Å². The maximum absolute atomic E-state index is 14.5. The fourth-order valence-corrected chi connectivity index (χ4v) is 3.94. The fourth-order valence-electron chi connectivity index (χ4n) is 3.32. The number of ether oxygens (including phenoxy) is 1. The number of hydrogen-bond acceptors (Lipinski definition) is 4. The molecule has 6 heteroatoms. The van der Waals surface area contributed by atoms with E-state index in [-0.39, 0.29) is 11.6 Å². The second-order valence-electron chi connectivity index (χ2n) is 6.68. The predicted octanol–water partition coefficient (Wildman–Crippen LogP) is 5.32. The maximum atomic E-state index is 14.5. The van der Waals surface area contributed by atoms with Crippen LogP contribution in [0.2, 0.25) is 0 Å². The molecule has 1 saturated heterocycles. The lowest BCUT2D eigenvalue weighted by Crippen LogP contribution is -2.22. The van der Waals surface area contributed by atoms with Crippen LogP contribution in [-0.4, -0.2) is 19.0 Å². The number of rotatable bonds is 6. The largest absolute Gasteiger partial charge is 0.488 e. The van der Waals surface area contributed by atoms with Gasteiger partial charge in [0.25, 0.3) is 5.91 Å². The van der Waals surface area contributed by atoms with Gasteiger partial charge in [0.1, 0.15) is 23.9 Å². The van der Waals surface area contributed by atoms with Crippen LogP contribution in [0, 0.1) is 5.82 Å². The van der Waals surface area contributed by atoms with Gasteiger partial charge in [0.05, 0.1) is 5.69 Å². The lowest BCUT2D eigenvalue weighted by molar-refractivity contribution is 0.102. The number of halogens is 1. The molecule has 2 heterocycles. The summed E-state index contributed by atoms with van der Waals surface area (Å²) < 4.78 is 20.2. The number of nitrogens with one attached hydrogen (secondary N) is 1. The van der Waals surface area contributed by atoms with E-state index in [0.717, 1.165) is 36.5 Å². The van der Waals surface area contributed by atoms with Crippen molar-refractivity contribution in [2.45, 2.75) is 19.4 Å². The van der Waals surface area contributed by atoms with Gasteiger partial charge >= 0.3 is 0 Å². The number of thiophene rings is 1. The van der Waals surface area contributed by atoms with Crippen LogP contribution in [-0.2, 0) is 6.61 Å². The van der Waals surface area contributed by atoms with Gasteiger partial charge in [-0.15, -0.1) is 11.3 Å². The Hall–Kier alpha value is -2.86. The monoisotopic (exact) mass is 396 g/mol. The molecule has 2 aromatic carbocycles. The Bertz CT molecular complexity index is 953. The average Bonchev–Trinajstić information content (AvgIpc) is 3.42. The summed E-state index contributed by atoms with van der Waals surface area (Å²) in [7, 11) is 0. The van der Waals surface area contributed by atoms with Crippen LogP contribution in [0.5, 0.6) is 5.75 Å². The molecule has 0 aliphatic carbocycles.